The molecule has 1 saturated heterocycles. The van der Waals surface area contributed by atoms with Gasteiger partial charge in [-0.3, -0.25) is 9.48 Å². The van der Waals surface area contributed by atoms with Gasteiger partial charge in [0.05, 0.1) is 6.04 Å². The first-order valence-electron chi connectivity index (χ1n) is 5.14. The summed E-state index contributed by atoms with van der Waals surface area (Å²) in [4.78, 5) is 13.2. The molecule has 5 heteroatoms. The topological polar surface area (TPSA) is 38.1 Å². The molecule has 4 nitrogen and oxygen atoms in total. The van der Waals surface area contributed by atoms with E-state index in [-0.39, 0.29) is 11.8 Å². The van der Waals surface area contributed by atoms with Crippen LogP contribution >= 0.6 is 11.6 Å². The zero-order chi connectivity index (χ0) is 10.7. The Balaban J connectivity index is 1.90. The van der Waals surface area contributed by atoms with Crippen LogP contribution in [0.4, 0.5) is 0 Å². The molecule has 15 heavy (non-hydrogen) atoms. The first kappa shape index (κ1) is 10.5. The average Bonchev–Trinajstić information content (AvgIpc) is 2.82. The Morgan fingerprint density at radius 1 is 1.47 bits per heavy atom. The van der Waals surface area contributed by atoms with Gasteiger partial charge in [-0.1, -0.05) is 0 Å². The van der Waals surface area contributed by atoms with E-state index in [2.05, 4.69) is 5.10 Å². The van der Waals surface area contributed by atoms with Crippen molar-refractivity contribution >= 4 is 17.5 Å². The van der Waals surface area contributed by atoms with Crippen molar-refractivity contribution in [2.45, 2.75) is 18.9 Å². The summed E-state index contributed by atoms with van der Waals surface area (Å²) in [5.74, 6) is 0.127. The molecular weight excluding hydrogens is 214 g/mol. The maximum Gasteiger partial charge on any atom is 0.237 e. The van der Waals surface area contributed by atoms with Crippen LogP contribution < -0.4 is 0 Å². The lowest BCUT2D eigenvalue weighted by Gasteiger charge is -2.31. The summed E-state index contributed by atoms with van der Waals surface area (Å²) in [6.45, 7) is 1.58. The number of nitrogens with zero attached hydrogens (tertiary/aromatic N) is 3. The fraction of sp³-hybridized carbons (Fsp3) is 0.600. The maximum absolute atomic E-state index is 11.3. The van der Waals surface area contributed by atoms with Crippen molar-refractivity contribution in [3.05, 3.63) is 18.5 Å². The van der Waals surface area contributed by atoms with Gasteiger partial charge in [0.2, 0.25) is 5.91 Å². The predicted octanol–water partition coefficient (Wildman–Crippen LogP) is 1.29. The van der Waals surface area contributed by atoms with Gasteiger partial charge in [-0.15, -0.1) is 11.6 Å². The Labute approximate surface area is 93.8 Å². The second-order valence-electron chi connectivity index (χ2n) is 3.73. The van der Waals surface area contributed by atoms with Gasteiger partial charge >= 0.3 is 0 Å². The Morgan fingerprint density at radius 3 is 2.73 bits per heavy atom. The summed E-state index contributed by atoms with van der Waals surface area (Å²) in [6.07, 6.45) is 5.69. The fourth-order valence-electron chi connectivity index (χ4n) is 1.96. The molecule has 2 heterocycles. The molecule has 82 valence electrons. The fourth-order valence-corrected chi connectivity index (χ4v) is 2.13. The van der Waals surface area contributed by atoms with E-state index in [1.165, 1.54) is 0 Å². The predicted molar refractivity (Wildman–Crippen MR) is 57.8 cm³/mol. The molecule has 2 rings (SSSR count). The number of carbonyl (C=O) groups is 1. The zero-order valence-corrected chi connectivity index (χ0v) is 9.23. The number of aromatic nitrogens is 2. The third-order valence-corrected chi connectivity index (χ3v) is 3.06. The van der Waals surface area contributed by atoms with Crippen molar-refractivity contribution in [1.29, 1.82) is 0 Å². The van der Waals surface area contributed by atoms with E-state index >= 15 is 0 Å². The van der Waals surface area contributed by atoms with Crippen LogP contribution in [0.15, 0.2) is 18.5 Å². The van der Waals surface area contributed by atoms with Crippen molar-refractivity contribution < 1.29 is 4.79 Å². The summed E-state index contributed by atoms with van der Waals surface area (Å²) in [7, 11) is 0. The van der Waals surface area contributed by atoms with Crippen molar-refractivity contribution in [3.63, 3.8) is 0 Å². The number of alkyl halides is 1. The average molecular weight is 228 g/mol. The summed E-state index contributed by atoms with van der Waals surface area (Å²) >= 11 is 5.51. The first-order valence-corrected chi connectivity index (χ1v) is 5.67. The van der Waals surface area contributed by atoms with Crippen molar-refractivity contribution in [2.75, 3.05) is 19.0 Å². The molecule has 0 aliphatic carbocycles. The van der Waals surface area contributed by atoms with Crippen LogP contribution in [0.2, 0.25) is 0 Å². The van der Waals surface area contributed by atoms with Gasteiger partial charge in [0.25, 0.3) is 0 Å². The van der Waals surface area contributed by atoms with Gasteiger partial charge in [-0.05, 0) is 18.9 Å². The molecule has 0 spiro atoms. The molecular formula is C10H14ClN3O. The number of piperidine rings is 1. The van der Waals surface area contributed by atoms with E-state index in [0.717, 1.165) is 25.9 Å². The number of halogens is 1. The van der Waals surface area contributed by atoms with Crippen LogP contribution in [0.3, 0.4) is 0 Å². The van der Waals surface area contributed by atoms with Crippen molar-refractivity contribution in [3.8, 4) is 0 Å². The Hall–Kier alpha value is -1.03. The second kappa shape index (κ2) is 4.66. The molecule has 1 aromatic rings. The summed E-state index contributed by atoms with van der Waals surface area (Å²) < 4.78 is 1.97. The third kappa shape index (κ3) is 2.31. The third-order valence-electron chi connectivity index (χ3n) is 2.83. The Bertz CT molecular complexity index is 317. The zero-order valence-electron chi connectivity index (χ0n) is 8.47. The molecule has 0 aromatic carbocycles. The largest absolute Gasteiger partial charge is 0.342 e. The molecule has 1 aromatic heterocycles. The maximum atomic E-state index is 11.3. The smallest absolute Gasteiger partial charge is 0.237 e. The van der Waals surface area contributed by atoms with Crippen LogP contribution in [0.25, 0.3) is 0 Å². The number of amides is 1. The number of hydrogen-bond donors (Lipinski definition) is 0. The molecule has 1 aliphatic heterocycles. The number of likely N-dealkylation sites (tertiary alicyclic amines) is 1. The van der Waals surface area contributed by atoms with Gasteiger partial charge < -0.3 is 4.90 Å². The minimum atomic E-state index is 0.0376. The highest BCUT2D eigenvalue weighted by Crippen LogP contribution is 2.21. The van der Waals surface area contributed by atoms with E-state index in [1.807, 2.05) is 21.8 Å². The minimum absolute atomic E-state index is 0.0376. The lowest BCUT2D eigenvalue weighted by Crippen LogP contribution is -2.39. The lowest BCUT2D eigenvalue weighted by molar-refractivity contribution is -0.129. The van der Waals surface area contributed by atoms with E-state index in [9.17, 15) is 4.79 Å². The van der Waals surface area contributed by atoms with Crippen LogP contribution in [0.5, 0.6) is 0 Å². The SMILES string of the molecule is O=C(CCl)N1CCC(n2cccn2)CC1. The highest BCUT2D eigenvalue weighted by atomic mass is 35.5. The van der Waals surface area contributed by atoms with Crippen LogP contribution in [-0.2, 0) is 4.79 Å². The summed E-state index contributed by atoms with van der Waals surface area (Å²) in [6, 6.07) is 2.36. The summed E-state index contributed by atoms with van der Waals surface area (Å²) in [5.41, 5.74) is 0. The quantitative estimate of drug-likeness (QED) is 0.714. The van der Waals surface area contributed by atoms with E-state index in [1.54, 1.807) is 6.20 Å². The molecule has 1 aliphatic rings. The van der Waals surface area contributed by atoms with Gasteiger partial charge in [0, 0.05) is 25.5 Å². The van der Waals surface area contributed by atoms with Gasteiger partial charge in [-0.25, -0.2) is 0 Å². The molecule has 0 atom stereocenters. The van der Waals surface area contributed by atoms with Crippen LogP contribution in [0, 0.1) is 0 Å². The highest BCUT2D eigenvalue weighted by Gasteiger charge is 2.23. The van der Waals surface area contributed by atoms with Crippen LogP contribution in [-0.4, -0.2) is 39.6 Å². The number of rotatable bonds is 2. The van der Waals surface area contributed by atoms with Gasteiger partial charge in [0.1, 0.15) is 5.88 Å². The number of carbonyl (C=O) groups excluding carboxylic acids is 1. The standard InChI is InChI=1S/C10H14ClN3O/c11-8-10(15)13-6-2-9(3-7-13)14-5-1-4-12-14/h1,4-5,9H,2-3,6-8H2. The molecule has 0 radical (unpaired) electrons. The monoisotopic (exact) mass is 227 g/mol. The lowest BCUT2D eigenvalue weighted by atomic mass is 10.1. The normalized spacial score (nSPS) is 18.1. The Morgan fingerprint density at radius 2 is 2.20 bits per heavy atom. The molecule has 1 amide bonds. The van der Waals surface area contributed by atoms with E-state index in [0.29, 0.717) is 6.04 Å². The second-order valence-corrected chi connectivity index (χ2v) is 4.00. The van der Waals surface area contributed by atoms with E-state index < -0.39 is 0 Å². The summed E-state index contributed by atoms with van der Waals surface area (Å²) in [5, 5.41) is 4.22. The van der Waals surface area contributed by atoms with E-state index in [4.69, 9.17) is 11.6 Å². The minimum Gasteiger partial charge on any atom is -0.342 e. The number of hydrogen-bond acceptors (Lipinski definition) is 2. The van der Waals surface area contributed by atoms with Crippen molar-refractivity contribution in [2.24, 2.45) is 0 Å². The molecule has 0 saturated carbocycles. The molecule has 0 N–H and O–H groups in total. The van der Waals surface area contributed by atoms with Gasteiger partial charge in [-0.2, -0.15) is 5.10 Å². The molecule has 0 unspecified atom stereocenters. The highest BCUT2D eigenvalue weighted by molar-refractivity contribution is 6.27. The molecule has 1 fully saturated rings. The first-order chi connectivity index (χ1) is 7.31. The van der Waals surface area contributed by atoms with Gasteiger partial charge in [0.15, 0.2) is 0 Å². The van der Waals surface area contributed by atoms with Crippen molar-refractivity contribution in [1.82, 2.24) is 14.7 Å². The van der Waals surface area contributed by atoms with Crippen LogP contribution in [0.1, 0.15) is 18.9 Å². The molecule has 0 bridgehead atoms. The Kier molecular flexibility index (Phi) is 3.26.